The molecular formula is C54H93N2O14PS. The number of thiocarbonyl (C=S) groups is 1. The van der Waals surface area contributed by atoms with E-state index >= 15 is 0 Å². The molecule has 414 valence electrons. The zero-order valence-corrected chi connectivity index (χ0v) is 45.4. The quantitative estimate of drug-likeness (QED) is 0.0106. The number of anilines is 1. The number of rotatable bonds is 44. The lowest BCUT2D eigenvalue weighted by atomic mass is 9.99. The Balaban J connectivity index is 1.74. The van der Waals surface area contributed by atoms with E-state index in [2.05, 4.69) is 48.8 Å². The van der Waals surface area contributed by atoms with Crippen molar-refractivity contribution in [1.82, 2.24) is 5.32 Å². The number of esters is 2. The minimum Gasteiger partial charge on any atom is -0.462 e. The summed E-state index contributed by atoms with van der Waals surface area (Å²) in [6.45, 7) is 2.76. The van der Waals surface area contributed by atoms with Crippen molar-refractivity contribution in [3.05, 3.63) is 48.6 Å². The number of ether oxygens (including phenoxy) is 4. The van der Waals surface area contributed by atoms with E-state index in [0.29, 0.717) is 18.5 Å². The van der Waals surface area contributed by atoms with Gasteiger partial charge in [-0.2, -0.15) is 0 Å². The SMILES string of the molecule is CCCCCCCC/C=C\CCCCCCCC(=O)OCC(COP(=O)(O)OCCNC(=S)Nc1ccc(O[C@@H]2OC(CO)[C@@H](O)C(O)C2O)cc1)OC(=O)CCCCCCC/C=C\CCCCCCCC. The molecule has 18 heteroatoms. The van der Waals surface area contributed by atoms with E-state index in [4.69, 9.17) is 40.2 Å². The first kappa shape index (κ1) is 65.2. The van der Waals surface area contributed by atoms with Crippen molar-refractivity contribution in [3.63, 3.8) is 0 Å². The highest BCUT2D eigenvalue weighted by Gasteiger charge is 2.44. The van der Waals surface area contributed by atoms with Crippen LogP contribution in [0.3, 0.4) is 0 Å². The third-order valence-electron chi connectivity index (χ3n) is 12.3. The number of nitrogens with one attached hydrogen (secondary N) is 2. The summed E-state index contributed by atoms with van der Waals surface area (Å²) in [4.78, 5) is 36.0. The first-order chi connectivity index (χ1) is 34.9. The summed E-state index contributed by atoms with van der Waals surface area (Å²) in [5, 5.41) is 45.6. The molecule has 1 saturated heterocycles. The molecule has 16 nitrogen and oxygen atoms in total. The molecule has 0 bridgehead atoms. The number of allylic oxidation sites excluding steroid dienone is 4. The number of carbonyl (C=O) groups excluding carboxylic acids is 2. The van der Waals surface area contributed by atoms with E-state index in [9.17, 15) is 39.5 Å². The maximum Gasteiger partial charge on any atom is 0.472 e. The van der Waals surface area contributed by atoms with Crippen LogP contribution in [0.4, 0.5) is 5.69 Å². The van der Waals surface area contributed by atoms with E-state index < -0.39 is 69.8 Å². The van der Waals surface area contributed by atoms with E-state index in [1.54, 1.807) is 24.3 Å². The number of aliphatic hydroxyl groups excluding tert-OH is 4. The van der Waals surface area contributed by atoms with Crippen molar-refractivity contribution in [3.8, 4) is 5.75 Å². The summed E-state index contributed by atoms with van der Waals surface area (Å²) < 4.78 is 45.2. The number of hydrogen-bond acceptors (Lipinski definition) is 14. The van der Waals surface area contributed by atoms with Gasteiger partial charge in [-0.1, -0.05) is 141 Å². The summed E-state index contributed by atoms with van der Waals surface area (Å²) >= 11 is 5.32. The topological polar surface area (TPSA) is 232 Å². The second kappa shape index (κ2) is 42.3. The first-order valence-corrected chi connectivity index (χ1v) is 29.2. The van der Waals surface area contributed by atoms with Crippen LogP contribution in [0.1, 0.15) is 194 Å². The number of aliphatic hydroxyl groups is 4. The van der Waals surface area contributed by atoms with Gasteiger partial charge in [0, 0.05) is 25.1 Å². The zero-order valence-electron chi connectivity index (χ0n) is 43.7. The molecule has 0 aromatic heterocycles. The summed E-state index contributed by atoms with van der Waals surface area (Å²) in [5.41, 5.74) is 0.539. The van der Waals surface area contributed by atoms with Crippen LogP contribution in [0.15, 0.2) is 48.6 Å². The summed E-state index contributed by atoms with van der Waals surface area (Å²) in [6, 6.07) is 6.30. The number of phosphoric acid groups is 1. The number of hydrogen-bond donors (Lipinski definition) is 7. The number of carbonyl (C=O) groups is 2. The lowest BCUT2D eigenvalue weighted by Crippen LogP contribution is -2.60. The van der Waals surface area contributed by atoms with E-state index in [-0.39, 0.29) is 43.5 Å². The predicted molar refractivity (Wildman–Crippen MR) is 287 cm³/mol. The van der Waals surface area contributed by atoms with Gasteiger partial charge in [-0.3, -0.25) is 18.6 Å². The van der Waals surface area contributed by atoms with E-state index in [1.165, 1.54) is 77.0 Å². The standard InChI is InChI=1S/C54H93N2O14PS/c1-3-5-7-9-11-13-15-17-19-21-23-25-27-29-31-33-48(58)65-42-46(68-49(59)34-32-30-28-26-24-22-20-18-16-14-12-10-8-6-4-2)43-67-71(63,64)66-40-39-55-54(72)56-44-35-37-45(38-36-44)69-53-52(62)51(61)50(60)47(41-57)70-53/h17-20,35-38,46-47,50-53,57,60-62H,3-16,21-34,39-43H2,1-2H3,(H,63,64)(H2,55,56,72)/b19-17-,20-18-/t46?,47?,50-,51?,52?,53-/m1/s1. The zero-order chi connectivity index (χ0) is 52.5. The van der Waals surface area contributed by atoms with E-state index in [0.717, 1.165) is 77.0 Å². The van der Waals surface area contributed by atoms with Crippen molar-refractivity contribution in [2.75, 3.05) is 38.3 Å². The Kier molecular flexibility index (Phi) is 38.3. The highest BCUT2D eigenvalue weighted by atomic mass is 32.1. The number of benzene rings is 1. The summed E-state index contributed by atoms with van der Waals surface area (Å²) in [7, 11) is -4.63. The molecule has 0 radical (unpaired) electrons. The average Bonchev–Trinajstić information content (AvgIpc) is 3.36. The molecule has 0 aliphatic carbocycles. The molecule has 0 spiro atoms. The Labute approximate surface area is 437 Å². The summed E-state index contributed by atoms with van der Waals surface area (Å²) in [5.74, 6) is -0.690. The average molecular weight is 1060 g/mol. The molecular weight excluding hydrogens is 964 g/mol. The molecule has 1 aliphatic rings. The Morgan fingerprint density at radius 3 is 1.67 bits per heavy atom. The lowest BCUT2D eigenvalue weighted by molar-refractivity contribution is -0.277. The molecule has 1 aliphatic heterocycles. The smallest absolute Gasteiger partial charge is 0.462 e. The molecule has 1 fully saturated rings. The van der Waals surface area contributed by atoms with Crippen LogP contribution in [0.25, 0.3) is 0 Å². The molecule has 1 aromatic rings. The van der Waals surface area contributed by atoms with Gasteiger partial charge >= 0.3 is 19.8 Å². The Morgan fingerprint density at radius 2 is 1.15 bits per heavy atom. The van der Waals surface area contributed by atoms with Gasteiger partial charge in [0.1, 0.15) is 36.8 Å². The molecule has 1 heterocycles. The highest BCUT2D eigenvalue weighted by molar-refractivity contribution is 7.80. The molecule has 7 N–H and O–H groups in total. The fraction of sp³-hybridized carbons (Fsp3) is 0.759. The van der Waals surface area contributed by atoms with E-state index in [1.807, 2.05) is 0 Å². The Bertz CT molecular complexity index is 1650. The molecule has 72 heavy (non-hydrogen) atoms. The van der Waals surface area contributed by atoms with Gasteiger partial charge in [0.05, 0.1) is 19.8 Å². The normalized spacial score (nSPS) is 19.3. The van der Waals surface area contributed by atoms with Crippen LogP contribution in [-0.2, 0) is 37.4 Å². The molecule has 7 atom stereocenters. The molecule has 0 amide bonds. The third-order valence-corrected chi connectivity index (χ3v) is 13.5. The van der Waals surface area contributed by atoms with Crippen molar-refractivity contribution in [2.45, 2.75) is 230 Å². The monoisotopic (exact) mass is 1060 g/mol. The minimum absolute atomic E-state index is 0.0143. The van der Waals surface area contributed by atoms with Crippen molar-refractivity contribution in [1.29, 1.82) is 0 Å². The first-order valence-electron chi connectivity index (χ1n) is 27.3. The van der Waals surface area contributed by atoms with Crippen molar-refractivity contribution >= 4 is 42.8 Å². The van der Waals surface area contributed by atoms with Gasteiger partial charge in [0.25, 0.3) is 0 Å². The van der Waals surface area contributed by atoms with Crippen LogP contribution in [0.2, 0.25) is 0 Å². The lowest BCUT2D eigenvalue weighted by Gasteiger charge is -2.39. The fourth-order valence-corrected chi connectivity index (χ4v) is 8.90. The highest BCUT2D eigenvalue weighted by Crippen LogP contribution is 2.43. The maximum atomic E-state index is 12.9. The Hall–Kier alpha value is -2.96. The van der Waals surface area contributed by atoms with Crippen LogP contribution < -0.4 is 15.4 Å². The molecule has 5 unspecified atom stereocenters. The van der Waals surface area contributed by atoms with Gasteiger partial charge in [0.2, 0.25) is 6.29 Å². The summed E-state index contributed by atoms with van der Waals surface area (Å²) in [6.07, 6.45) is 30.9. The molecule has 0 saturated carbocycles. The van der Waals surface area contributed by atoms with Gasteiger partial charge < -0.3 is 54.9 Å². The van der Waals surface area contributed by atoms with Crippen LogP contribution in [0.5, 0.6) is 5.75 Å². The largest absolute Gasteiger partial charge is 0.472 e. The Morgan fingerprint density at radius 1 is 0.667 bits per heavy atom. The van der Waals surface area contributed by atoms with Crippen LogP contribution in [0, 0.1) is 0 Å². The van der Waals surface area contributed by atoms with Crippen LogP contribution >= 0.6 is 20.0 Å². The fourth-order valence-electron chi connectivity index (χ4n) is 7.93. The van der Waals surface area contributed by atoms with Gasteiger partial charge in [-0.05, 0) is 101 Å². The number of unbranched alkanes of at least 4 members (excludes halogenated alkanes) is 22. The maximum absolute atomic E-state index is 12.9. The molecule has 2 rings (SSSR count). The van der Waals surface area contributed by atoms with Crippen molar-refractivity contribution < 1.29 is 67.5 Å². The van der Waals surface area contributed by atoms with Gasteiger partial charge in [-0.25, -0.2) is 4.57 Å². The number of phosphoric ester groups is 1. The second-order valence-electron chi connectivity index (χ2n) is 18.8. The van der Waals surface area contributed by atoms with Crippen LogP contribution in [-0.4, -0.2) is 112 Å². The van der Waals surface area contributed by atoms with Gasteiger partial charge in [-0.15, -0.1) is 0 Å². The van der Waals surface area contributed by atoms with Gasteiger partial charge in [0.15, 0.2) is 11.2 Å². The second-order valence-corrected chi connectivity index (χ2v) is 20.6. The molecule has 1 aromatic carbocycles. The van der Waals surface area contributed by atoms with Crippen molar-refractivity contribution in [2.24, 2.45) is 0 Å². The minimum atomic E-state index is -4.63. The predicted octanol–water partition coefficient (Wildman–Crippen LogP) is 10.8. The third kappa shape index (κ3) is 33.1.